The third-order valence-electron chi connectivity index (χ3n) is 3.70. The van der Waals surface area contributed by atoms with E-state index in [0.29, 0.717) is 11.1 Å². The lowest BCUT2D eigenvalue weighted by Gasteiger charge is -2.14. The second-order valence-corrected chi connectivity index (χ2v) is 8.13. The number of sulfone groups is 1. The first-order valence-corrected chi connectivity index (χ1v) is 9.99. The van der Waals surface area contributed by atoms with Crippen LogP contribution in [-0.2, 0) is 24.2 Å². The number of rotatable bonds is 7. The molecule has 0 atom stereocenters. The van der Waals surface area contributed by atoms with Crippen molar-refractivity contribution in [2.75, 3.05) is 11.8 Å². The molecule has 0 fully saturated rings. The van der Waals surface area contributed by atoms with Crippen molar-refractivity contribution in [1.82, 2.24) is 0 Å². The second kappa shape index (κ2) is 8.83. The Bertz CT molecular complexity index is 963. The van der Waals surface area contributed by atoms with Gasteiger partial charge >= 0.3 is 11.9 Å². The van der Waals surface area contributed by atoms with Crippen molar-refractivity contribution in [2.45, 2.75) is 11.8 Å². The first-order chi connectivity index (χ1) is 12.8. The smallest absolute Gasteiger partial charge is 0.336 e. The van der Waals surface area contributed by atoms with Crippen molar-refractivity contribution in [3.8, 4) is 0 Å². The average molecular weight is 409 g/mol. The predicted molar refractivity (Wildman–Crippen MR) is 102 cm³/mol. The van der Waals surface area contributed by atoms with Gasteiger partial charge in [0.2, 0.25) is 0 Å². The van der Waals surface area contributed by atoms with Crippen LogP contribution in [0, 0.1) is 0 Å². The van der Waals surface area contributed by atoms with E-state index in [0.717, 1.165) is 0 Å². The molecule has 8 heteroatoms. The van der Waals surface area contributed by atoms with E-state index in [4.69, 9.17) is 16.3 Å². The number of benzene rings is 2. The topological polar surface area (TPSA) is 97.7 Å². The summed E-state index contributed by atoms with van der Waals surface area (Å²) in [5, 5.41) is 9.17. The Kier molecular flexibility index (Phi) is 6.76. The molecule has 0 aliphatic carbocycles. The van der Waals surface area contributed by atoms with E-state index in [1.54, 1.807) is 30.3 Å². The van der Waals surface area contributed by atoms with Gasteiger partial charge in [-0.15, -0.1) is 11.6 Å². The minimum Gasteiger partial charge on any atom is -0.478 e. The molecule has 6 nitrogen and oxygen atoms in total. The van der Waals surface area contributed by atoms with Gasteiger partial charge in [0, 0.05) is 12.5 Å². The summed E-state index contributed by atoms with van der Waals surface area (Å²) in [6.45, 7) is 0.949. The fourth-order valence-electron chi connectivity index (χ4n) is 2.43. The minimum absolute atomic E-state index is 0.0182. The Labute approximate surface area is 162 Å². The number of aliphatic carboxylic acids is 1. The fraction of sp³-hybridized carbons (Fsp3) is 0.158. The van der Waals surface area contributed by atoms with Gasteiger partial charge in [0.05, 0.1) is 10.5 Å². The van der Waals surface area contributed by atoms with Gasteiger partial charge in [0.1, 0.15) is 11.8 Å². The summed E-state index contributed by atoms with van der Waals surface area (Å²) in [5.74, 6) is -1.76. The van der Waals surface area contributed by atoms with E-state index in [1.165, 1.54) is 31.2 Å². The van der Waals surface area contributed by atoms with Crippen molar-refractivity contribution in [2.24, 2.45) is 0 Å². The number of carboxylic acid groups (broad SMARTS) is 1. The lowest BCUT2D eigenvalue weighted by molar-refractivity contribution is -0.139. The van der Waals surface area contributed by atoms with Gasteiger partial charge in [-0.25, -0.2) is 13.2 Å². The number of hydrogen-bond acceptors (Lipinski definition) is 5. The minimum atomic E-state index is -3.61. The third-order valence-corrected chi connectivity index (χ3v) is 5.84. The Morgan fingerprint density at radius 2 is 1.59 bits per heavy atom. The molecule has 0 aromatic heterocycles. The maximum Gasteiger partial charge on any atom is 0.336 e. The Morgan fingerprint density at radius 1 is 1.00 bits per heavy atom. The molecule has 0 saturated heterocycles. The highest BCUT2D eigenvalue weighted by atomic mass is 35.5. The van der Waals surface area contributed by atoms with Crippen LogP contribution in [0.25, 0.3) is 11.1 Å². The van der Waals surface area contributed by atoms with Crippen molar-refractivity contribution >= 4 is 44.5 Å². The summed E-state index contributed by atoms with van der Waals surface area (Å²) < 4.78 is 28.7. The zero-order valence-corrected chi connectivity index (χ0v) is 16.0. The molecule has 2 aromatic rings. The molecule has 142 valence electrons. The summed E-state index contributed by atoms with van der Waals surface area (Å²) in [4.78, 5) is 23.2. The number of esters is 1. The molecular weight excluding hydrogens is 392 g/mol. The number of carboxylic acids is 1. The Hall–Kier alpha value is -2.64. The number of carbonyl (C=O) groups is 2. The van der Waals surface area contributed by atoms with Crippen molar-refractivity contribution in [1.29, 1.82) is 0 Å². The maximum atomic E-state index is 11.9. The number of halogens is 1. The highest BCUT2D eigenvalue weighted by molar-refractivity contribution is 7.92. The normalized spacial score (nSPS) is 12.2. The van der Waals surface area contributed by atoms with Gasteiger partial charge < -0.3 is 9.84 Å². The first-order valence-electron chi connectivity index (χ1n) is 7.80. The van der Waals surface area contributed by atoms with Crippen molar-refractivity contribution < 1.29 is 27.9 Å². The summed E-state index contributed by atoms with van der Waals surface area (Å²) in [5.41, 5.74) is 1.07. The molecule has 0 amide bonds. The summed E-state index contributed by atoms with van der Waals surface area (Å²) in [7, 11) is -3.61. The summed E-state index contributed by atoms with van der Waals surface area (Å²) >= 11 is 5.45. The lowest BCUT2D eigenvalue weighted by Crippen LogP contribution is -2.10. The van der Waals surface area contributed by atoms with Crippen LogP contribution in [0.1, 0.15) is 18.1 Å². The molecule has 0 heterocycles. The molecule has 2 rings (SSSR count). The standard InChI is InChI=1S/C19H17ClO6S/c1-13(21)26-11-17(18(19(22)23)15-5-3-2-4-6-15)14-7-9-16(10-8-14)27(24,25)12-20/h2-10H,11-12H2,1H3,(H,22,23)/b18-17+. The van der Waals surface area contributed by atoms with E-state index in [1.807, 2.05) is 0 Å². The third kappa shape index (κ3) is 5.18. The Morgan fingerprint density at radius 3 is 2.07 bits per heavy atom. The lowest BCUT2D eigenvalue weighted by atomic mass is 9.95. The number of ether oxygens (including phenoxy) is 1. The van der Waals surface area contributed by atoms with Crippen molar-refractivity contribution in [3.05, 3.63) is 65.7 Å². The van der Waals surface area contributed by atoms with Gasteiger partial charge in [-0.05, 0) is 23.3 Å². The SMILES string of the molecule is CC(=O)OC/C(=C(\C(=O)O)c1ccccc1)c1ccc(S(=O)(=O)CCl)cc1. The summed E-state index contributed by atoms with van der Waals surface area (Å²) in [6.07, 6.45) is 0. The highest BCUT2D eigenvalue weighted by Gasteiger charge is 2.20. The van der Waals surface area contributed by atoms with Crippen LogP contribution in [0.3, 0.4) is 0 Å². The van der Waals surface area contributed by atoms with Crippen LogP contribution in [0.4, 0.5) is 0 Å². The molecule has 0 bridgehead atoms. The van der Waals surface area contributed by atoms with Crippen LogP contribution < -0.4 is 0 Å². The van der Waals surface area contributed by atoms with Crippen LogP contribution in [0.5, 0.6) is 0 Å². The average Bonchev–Trinajstić information content (AvgIpc) is 2.65. The van der Waals surface area contributed by atoms with E-state index >= 15 is 0 Å². The van der Waals surface area contributed by atoms with Crippen LogP contribution in [-0.4, -0.2) is 37.3 Å². The monoisotopic (exact) mass is 408 g/mol. The van der Waals surface area contributed by atoms with E-state index in [9.17, 15) is 23.1 Å². The molecule has 0 spiro atoms. The van der Waals surface area contributed by atoms with Crippen LogP contribution in [0.15, 0.2) is 59.5 Å². The molecule has 27 heavy (non-hydrogen) atoms. The second-order valence-electron chi connectivity index (χ2n) is 5.55. The number of hydrogen-bond donors (Lipinski definition) is 1. The van der Waals surface area contributed by atoms with Gasteiger partial charge in [0.25, 0.3) is 0 Å². The quantitative estimate of drug-likeness (QED) is 0.327. The van der Waals surface area contributed by atoms with Crippen LogP contribution in [0.2, 0.25) is 0 Å². The molecule has 2 aromatic carbocycles. The zero-order valence-electron chi connectivity index (χ0n) is 14.4. The van der Waals surface area contributed by atoms with Gasteiger partial charge in [-0.3, -0.25) is 4.79 Å². The molecule has 1 N–H and O–H groups in total. The number of carbonyl (C=O) groups excluding carboxylic acids is 1. The molecule has 0 radical (unpaired) electrons. The van der Waals surface area contributed by atoms with Crippen LogP contribution >= 0.6 is 11.6 Å². The predicted octanol–water partition coefficient (Wildman–Crippen LogP) is 3.22. The van der Waals surface area contributed by atoms with Crippen molar-refractivity contribution in [3.63, 3.8) is 0 Å². The largest absolute Gasteiger partial charge is 0.478 e. The molecule has 0 unspecified atom stereocenters. The number of alkyl halides is 1. The van der Waals surface area contributed by atoms with Gasteiger partial charge in [0.15, 0.2) is 9.84 Å². The first kappa shape index (κ1) is 20.7. The fourth-order valence-corrected chi connectivity index (χ4v) is 3.49. The van der Waals surface area contributed by atoms with Gasteiger partial charge in [-0.2, -0.15) is 0 Å². The Balaban J connectivity index is 2.63. The molecular formula is C19H17ClO6S. The maximum absolute atomic E-state index is 11.9. The van der Waals surface area contributed by atoms with Gasteiger partial charge in [-0.1, -0.05) is 42.5 Å². The van der Waals surface area contributed by atoms with E-state index in [2.05, 4.69) is 0 Å². The molecule has 0 saturated carbocycles. The molecule has 0 aliphatic rings. The molecule has 0 aliphatic heterocycles. The van der Waals surface area contributed by atoms with E-state index < -0.39 is 27.0 Å². The summed E-state index contributed by atoms with van der Waals surface area (Å²) in [6, 6.07) is 14.0. The van der Waals surface area contributed by atoms with E-state index in [-0.39, 0.29) is 22.6 Å². The zero-order chi connectivity index (χ0) is 20.0. The highest BCUT2D eigenvalue weighted by Crippen LogP contribution is 2.28.